The maximum absolute atomic E-state index is 3.59. The number of benzene rings is 2. The van der Waals surface area contributed by atoms with Crippen molar-refractivity contribution in [3.05, 3.63) is 71.3 Å². The van der Waals surface area contributed by atoms with E-state index in [0.717, 1.165) is 13.0 Å². The SMILES string of the molecule is [H-].[K+].c1ccc(C2NCCc3ccccc32)cc1. The van der Waals surface area contributed by atoms with E-state index in [9.17, 15) is 0 Å². The fourth-order valence-electron chi connectivity index (χ4n) is 2.45. The molecule has 0 spiro atoms. The Morgan fingerprint density at radius 2 is 1.65 bits per heavy atom. The van der Waals surface area contributed by atoms with Crippen molar-refractivity contribution < 1.29 is 52.8 Å². The van der Waals surface area contributed by atoms with Crippen molar-refractivity contribution in [2.75, 3.05) is 6.54 Å². The number of fused-ring (bicyclic) bond motifs is 1. The summed E-state index contributed by atoms with van der Waals surface area (Å²) in [5.74, 6) is 0. The summed E-state index contributed by atoms with van der Waals surface area (Å²) >= 11 is 0. The standard InChI is InChI=1S/C15H15N.K.H/c1-2-7-13(8-3-1)15-14-9-5-4-6-12(14)10-11-16-15;;/h1-9,15-16H,10-11H2;;/q;+1;-1. The van der Waals surface area contributed by atoms with Crippen molar-refractivity contribution in [1.82, 2.24) is 5.32 Å². The summed E-state index contributed by atoms with van der Waals surface area (Å²) in [7, 11) is 0. The van der Waals surface area contributed by atoms with Gasteiger partial charge in [-0.3, -0.25) is 0 Å². The molecule has 1 aliphatic rings. The predicted molar refractivity (Wildman–Crippen MR) is 67.5 cm³/mol. The fraction of sp³-hybridized carbons (Fsp3) is 0.200. The van der Waals surface area contributed by atoms with Gasteiger partial charge in [-0.25, -0.2) is 0 Å². The van der Waals surface area contributed by atoms with Crippen LogP contribution >= 0.6 is 0 Å². The maximum atomic E-state index is 3.59. The second kappa shape index (κ2) is 6.28. The summed E-state index contributed by atoms with van der Waals surface area (Å²) in [6, 6.07) is 19.8. The first-order chi connectivity index (χ1) is 7.95. The summed E-state index contributed by atoms with van der Waals surface area (Å²) < 4.78 is 0. The van der Waals surface area contributed by atoms with Crippen LogP contribution in [0.15, 0.2) is 54.6 Å². The van der Waals surface area contributed by atoms with Crippen LogP contribution in [-0.2, 0) is 6.42 Å². The van der Waals surface area contributed by atoms with Crippen molar-refractivity contribution in [2.45, 2.75) is 12.5 Å². The van der Waals surface area contributed by atoms with Crippen LogP contribution in [0, 0.1) is 0 Å². The molecule has 0 radical (unpaired) electrons. The van der Waals surface area contributed by atoms with Crippen LogP contribution in [-0.4, -0.2) is 6.54 Å². The van der Waals surface area contributed by atoms with Crippen molar-refractivity contribution in [3.8, 4) is 0 Å². The molecule has 1 heterocycles. The molecular formula is C15H16KN. The van der Waals surface area contributed by atoms with Crippen LogP contribution in [0.2, 0.25) is 0 Å². The van der Waals surface area contributed by atoms with Crippen LogP contribution < -0.4 is 56.7 Å². The summed E-state index contributed by atoms with van der Waals surface area (Å²) in [4.78, 5) is 0. The number of hydrogen-bond donors (Lipinski definition) is 1. The van der Waals surface area contributed by atoms with E-state index in [1.807, 2.05) is 0 Å². The Labute approximate surface area is 147 Å². The van der Waals surface area contributed by atoms with Crippen molar-refractivity contribution >= 4 is 0 Å². The first kappa shape index (κ1) is 13.5. The van der Waals surface area contributed by atoms with Gasteiger partial charge < -0.3 is 6.74 Å². The van der Waals surface area contributed by atoms with E-state index in [1.165, 1.54) is 16.7 Å². The number of hydrogen-bond acceptors (Lipinski definition) is 1. The van der Waals surface area contributed by atoms with E-state index in [1.54, 1.807) is 0 Å². The molecule has 3 rings (SSSR count). The van der Waals surface area contributed by atoms with Gasteiger partial charge in [0.05, 0.1) is 6.04 Å². The molecule has 0 saturated heterocycles. The molecular weight excluding hydrogens is 233 g/mol. The predicted octanol–water partition coefficient (Wildman–Crippen LogP) is 0.0382. The molecule has 0 aliphatic carbocycles. The quantitative estimate of drug-likeness (QED) is 0.704. The Morgan fingerprint density at radius 3 is 2.47 bits per heavy atom. The minimum atomic E-state index is 0. The molecule has 1 unspecified atom stereocenters. The van der Waals surface area contributed by atoms with Gasteiger partial charge in [-0.1, -0.05) is 54.6 Å². The van der Waals surface area contributed by atoms with Crippen LogP contribution in [0.3, 0.4) is 0 Å². The molecule has 0 amide bonds. The molecule has 1 N–H and O–H groups in total. The minimum absolute atomic E-state index is 0. The Bertz CT molecular complexity index is 487. The third-order valence-corrected chi connectivity index (χ3v) is 3.24. The largest absolute Gasteiger partial charge is 1.00 e. The van der Waals surface area contributed by atoms with Gasteiger partial charge in [-0.05, 0) is 23.1 Å². The van der Waals surface area contributed by atoms with Crippen molar-refractivity contribution in [1.29, 1.82) is 0 Å². The minimum Gasteiger partial charge on any atom is -1.00 e. The van der Waals surface area contributed by atoms with Gasteiger partial charge in [0.1, 0.15) is 0 Å². The van der Waals surface area contributed by atoms with Crippen molar-refractivity contribution in [2.24, 2.45) is 0 Å². The molecule has 17 heavy (non-hydrogen) atoms. The Hall–Kier alpha value is 0.0364. The molecule has 1 nitrogen and oxygen atoms in total. The average Bonchev–Trinajstić information content (AvgIpc) is 2.39. The van der Waals surface area contributed by atoms with E-state index in [-0.39, 0.29) is 52.8 Å². The molecule has 0 aromatic heterocycles. The van der Waals surface area contributed by atoms with E-state index in [4.69, 9.17) is 0 Å². The topological polar surface area (TPSA) is 12.0 Å². The van der Waals surface area contributed by atoms with Crippen LogP contribution in [0.4, 0.5) is 0 Å². The van der Waals surface area contributed by atoms with Crippen LogP contribution in [0.5, 0.6) is 0 Å². The molecule has 82 valence electrons. The van der Waals surface area contributed by atoms with E-state index >= 15 is 0 Å². The Kier molecular flexibility index (Phi) is 4.97. The average molecular weight is 249 g/mol. The zero-order valence-corrected chi connectivity index (χ0v) is 13.3. The third-order valence-electron chi connectivity index (χ3n) is 3.24. The van der Waals surface area contributed by atoms with E-state index in [2.05, 4.69) is 59.9 Å². The Balaban J connectivity index is 0.000000810. The monoisotopic (exact) mass is 249 g/mol. The molecule has 1 atom stereocenters. The van der Waals surface area contributed by atoms with Gasteiger partial charge in [0, 0.05) is 6.54 Å². The van der Waals surface area contributed by atoms with Gasteiger partial charge in [-0.15, -0.1) is 0 Å². The molecule has 0 saturated carbocycles. The molecule has 2 aromatic carbocycles. The normalized spacial score (nSPS) is 18.0. The summed E-state index contributed by atoms with van der Waals surface area (Å²) in [6.45, 7) is 1.07. The summed E-state index contributed by atoms with van der Waals surface area (Å²) in [6.07, 6.45) is 1.14. The van der Waals surface area contributed by atoms with Gasteiger partial charge >= 0.3 is 51.4 Å². The second-order valence-electron chi connectivity index (χ2n) is 4.25. The molecule has 0 bridgehead atoms. The van der Waals surface area contributed by atoms with Crippen LogP contribution in [0.1, 0.15) is 24.2 Å². The summed E-state index contributed by atoms with van der Waals surface area (Å²) in [5.41, 5.74) is 4.27. The van der Waals surface area contributed by atoms with Gasteiger partial charge in [0.2, 0.25) is 0 Å². The van der Waals surface area contributed by atoms with Gasteiger partial charge in [0.15, 0.2) is 0 Å². The first-order valence-corrected chi connectivity index (χ1v) is 5.81. The number of nitrogens with one attached hydrogen (secondary N) is 1. The van der Waals surface area contributed by atoms with E-state index in [0.29, 0.717) is 6.04 Å². The fourth-order valence-corrected chi connectivity index (χ4v) is 2.45. The van der Waals surface area contributed by atoms with Crippen molar-refractivity contribution in [3.63, 3.8) is 0 Å². The first-order valence-electron chi connectivity index (χ1n) is 5.81. The zero-order chi connectivity index (χ0) is 10.8. The molecule has 2 heteroatoms. The maximum Gasteiger partial charge on any atom is 1.00 e. The zero-order valence-electron chi connectivity index (χ0n) is 11.2. The van der Waals surface area contributed by atoms with Crippen LogP contribution in [0.25, 0.3) is 0 Å². The summed E-state index contributed by atoms with van der Waals surface area (Å²) in [5, 5.41) is 3.59. The smallest absolute Gasteiger partial charge is 1.00 e. The molecule has 0 fully saturated rings. The molecule has 2 aromatic rings. The van der Waals surface area contributed by atoms with E-state index < -0.39 is 0 Å². The second-order valence-corrected chi connectivity index (χ2v) is 4.25. The number of rotatable bonds is 1. The Morgan fingerprint density at radius 1 is 0.941 bits per heavy atom. The van der Waals surface area contributed by atoms with Gasteiger partial charge in [0.25, 0.3) is 0 Å². The third kappa shape index (κ3) is 2.89. The molecule has 1 aliphatic heterocycles. The van der Waals surface area contributed by atoms with Gasteiger partial charge in [-0.2, -0.15) is 0 Å².